The number of aliphatic hydroxyl groups excluding tert-OH is 1. The van der Waals surface area contributed by atoms with Gasteiger partial charge in [0.15, 0.2) is 5.76 Å². The molecular formula is C18H19N3O3. The minimum atomic E-state index is -0.380. The minimum absolute atomic E-state index is 0.111. The van der Waals surface area contributed by atoms with Gasteiger partial charge in [0, 0.05) is 19.7 Å². The molecule has 1 saturated heterocycles. The smallest absolute Gasteiger partial charge is 0.291 e. The largest absolute Gasteiger partial charge is 0.440 e. The zero-order valence-electron chi connectivity index (χ0n) is 13.2. The average molecular weight is 325 g/mol. The Bertz CT molecular complexity index is 755. The number of para-hydroxylation sites is 2. The predicted molar refractivity (Wildman–Crippen MR) is 89.8 cm³/mol. The number of amides is 1. The molecule has 1 fully saturated rings. The van der Waals surface area contributed by atoms with Gasteiger partial charge in [-0.3, -0.25) is 4.79 Å². The summed E-state index contributed by atoms with van der Waals surface area (Å²) in [4.78, 5) is 14.5. The van der Waals surface area contributed by atoms with Crippen LogP contribution in [0.4, 0.5) is 11.4 Å². The number of nitrogens with one attached hydrogen (secondary N) is 1. The maximum atomic E-state index is 12.3. The van der Waals surface area contributed by atoms with Crippen molar-refractivity contribution in [2.45, 2.75) is 12.8 Å². The number of aliphatic hydroxyl groups is 1. The van der Waals surface area contributed by atoms with Crippen molar-refractivity contribution >= 4 is 17.3 Å². The zero-order valence-corrected chi connectivity index (χ0v) is 13.2. The van der Waals surface area contributed by atoms with Gasteiger partial charge in [0.25, 0.3) is 5.91 Å². The van der Waals surface area contributed by atoms with Gasteiger partial charge in [0.1, 0.15) is 6.07 Å². The van der Waals surface area contributed by atoms with Gasteiger partial charge in [-0.05, 0) is 43.0 Å². The summed E-state index contributed by atoms with van der Waals surface area (Å²) in [5.74, 6) is 0.199. The molecule has 1 aliphatic heterocycles. The monoisotopic (exact) mass is 325 g/mol. The second-order valence-electron chi connectivity index (χ2n) is 5.86. The highest BCUT2D eigenvalue weighted by Gasteiger charge is 2.21. The Hall–Kier alpha value is -2.78. The molecule has 1 aromatic carbocycles. The van der Waals surface area contributed by atoms with Crippen LogP contribution >= 0.6 is 0 Å². The van der Waals surface area contributed by atoms with Crippen molar-refractivity contribution in [1.82, 2.24) is 0 Å². The molecule has 1 amide bonds. The van der Waals surface area contributed by atoms with E-state index in [1.54, 1.807) is 0 Å². The average Bonchev–Trinajstić information content (AvgIpc) is 3.12. The normalized spacial score (nSPS) is 15.1. The number of rotatable bonds is 4. The van der Waals surface area contributed by atoms with Crippen molar-refractivity contribution in [3.63, 3.8) is 0 Å². The lowest BCUT2D eigenvalue weighted by molar-refractivity contribution is 0.0996. The molecule has 0 saturated carbocycles. The van der Waals surface area contributed by atoms with E-state index < -0.39 is 0 Å². The highest BCUT2D eigenvalue weighted by atomic mass is 16.3. The first-order valence-corrected chi connectivity index (χ1v) is 7.97. The van der Waals surface area contributed by atoms with Crippen molar-refractivity contribution in [1.29, 1.82) is 5.26 Å². The van der Waals surface area contributed by atoms with E-state index in [2.05, 4.69) is 10.2 Å². The molecule has 0 spiro atoms. The first kappa shape index (κ1) is 16.1. The molecule has 6 nitrogen and oxygen atoms in total. The summed E-state index contributed by atoms with van der Waals surface area (Å²) in [7, 11) is 0. The van der Waals surface area contributed by atoms with Crippen LogP contribution in [-0.4, -0.2) is 30.7 Å². The Labute approximate surface area is 140 Å². The summed E-state index contributed by atoms with van der Waals surface area (Å²) in [5.41, 5.74) is 1.66. The number of carbonyl (C=O) groups is 1. The number of hydrogen-bond donors (Lipinski definition) is 2. The van der Waals surface area contributed by atoms with Crippen molar-refractivity contribution in [2.75, 3.05) is 29.9 Å². The number of furan rings is 1. The van der Waals surface area contributed by atoms with E-state index in [1.807, 2.05) is 30.3 Å². The summed E-state index contributed by atoms with van der Waals surface area (Å²) in [6.45, 7) is 1.92. The maximum absolute atomic E-state index is 12.3. The van der Waals surface area contributed by atoms with Crippen LogP contribution in [0.2, 0.25) is 0 Å². The Morgan fingerprint density at radius 3 is 2.71 bits per heavy atom. The molecular weight excluding hydrogens is 306 g/mol. The van der Waals surface area contributed by atoms with Crippen LogP contribution in [0.1, 0.15) is 29.2 Å². The molecule has 24 heavy (non-hydrogen) atoms. The number of piperidine rings is 1. The number of carbonyl (C=O) groups excluding carboxylic acids is 1. The van der Waals surface area contributed by atoms with Gasteiger partial charge in [-0.2, -0.15) is 5.26 Å². The number of anilines is 2. The van der Waals surface area contributed by atoms with E-state index in [-0.39, 0.29) is 24.0 Å². The molecule has 0 bridgehead atoms. The van der Waals surface area contributed by atoms with Crippen LogP contribution in [0.25, 0.3) is 0 Å². The second-order valence-corrected chi connectivity index (χ2v) is 5.86. The fourth-order valence-electron chi connectivity index (χ4n) is 2.92. The van der Waals surface area contributed by atoms with E-state index in [0.29, 0.717) is 11.6 Å². The van der Waals surface area contributed by atoms with Gasteiger partial charge in [0.2, 0.25) is 5.76 Å². The van der Waals surface area contributed by atoms with Gasteiger partial charge in [-0.1, -0.05) is 12.1 Å². The molecule has 0 atom stereocenters. The summed E-state index contributed by atoms with van der Waals surface area (Å²) >= 11 is 0. The Morgan fingerprint density at radius 1 is 1.29 bits per heavy atom. The van der Waals surface area contributed by atoms with E-state index in [1.165, 1.54) is 12.1 Å². The third-order valence-corrected chi connectivity index (χ3v) is 4.31. The standard InChI is InChI=1S/C18H19N3O3/c19-11-14-5-6-17(24-14)18(23)20-15-3-1-2-4-16(15)21-9-7-13(12-22)8-10-21/h1-6,13,22H,7-10,12H2,(H,20,23). The van der Waals surface area contributed by atoms with Gasteiger partial charge >= 0.3 is 0 Å². The lowest BCUT2D eigenvalue weighted by atomic mass is 9.97. The zero-order chi connectivity index (χ0) is 16.9. The lowest BCUT2D eigenvalue weighted by Crippen LogP contribution is -2.35. The van der Waals surface area contributed by atoms with Crippen LogP contribution in [0.3, 0.4) is 0 Å². The van der Waals surface area contributed by atoms with Gasteiger partial charge in [-0.15, -0.1) is 0 Å². The summed E-state index contributed by atoms with van der Waals surface area (Å²) < 4.78 is 5.17. The molecule has 1 aliphatic rings. The Kier molecular flexibility index (Phi) is 4.82. The van der Waals surface area contributed by atoms with Crippen LogP contribution in [0.15, 0.2) is 40.8 Å². The van der Waals surface area contributed by atoms with Gasteiger partial charge in [0.05, 0.1) is 11.4 Å². The second kappa shape index (κ2) is 7.20. The lowest BCUT2D eigenvalue weighted by Gasteiger charge is -2.34. The molecule has 6 heteroatoms. The number of benzene rings is 1. The van der Waals surface area contributed by atoms with Crippen LogP contribution < -0.4 is 10.2 Å². The molecule has 0 aliphatic carbocycles. The van der Waals surface area contributed by atoms with Crippen molar-refractivity contribution in [2.24, 2.45) is 5.92 Å². The number of nitriles is 1. The third kappa shape index (κ3) is 3.42. The van der Waals surface area contributed by atoms with E-state index in [9.17, 15) is 9.90 Å². The fraction of sp³-hybridized carbons (Fsp3) is 0.333. The maximum Gasteiger partial charge on any atom is 0.291 e. The SMILES string of the molecule is N#Cc1ccc(C(=O)Nc2ccccc2N2CCC(CO)CC2)o1. The van der Waals surface area contributed by atoms with E-state index in [0.717, 1.165) is 31.6 Å². The van der Waals surface area contributed by atoms with Gasteiger partial charge < -0.3 is 19.7 Å². The highest BCUT2D eigenvalue weighted by molar-refractivity contribution is 6.04. The predicted octanol–water partition coefficient (Wildman–Crippen LogP) is 2.61. The molecule has 2 aromatic rings. The molecule has 2 heterocycles. The molecule has 3 rings (SSSR count). The Balaban J connectivity index is 1.75. The van der Waals surface area contributed by atoms with Crippen LogP contribution in [0, 0.1) is 17.2 Å². The summed E-state index contributed by atoms with van der Waals surface area (Å²) in [6.07, 6.45) is 1.87. The molecule has 0 unspecified atom stereocenters. The molecule has 0 radical (unpaired) electrons. The molecule has 124 valence electrons. The van der Waals surface area contributed by atoms with Gasteiger partial charge in [-0.25, -0.2) is 0 Å². The highest BCUT2D eigenvalue weighted by Crippen LogP contribution is 2.30. The topological polar surface area (TPSA) is 89.5 Å². The molecule has 1 aromatic heterocycles. The molecule has 2 N–H and O–H groups in total. The van der Waals surface area contributed by atoms with E-state index >= 15 is 0 Å². The van der Waals surface area contributed by atoms with Crippen molar-refractivity contribution in [3.8, 4) is 6.07 Å². The first-order chi connectivity index (χ1) is 11.7. The number of hydrogen-bond acceptors (Lipinski definition) is 5. The summed E-state index contributed by atoms with van der Waals surface area (Å²) in [5, 5.41) is 20.9. The number of nitrogens with zero attached hydrogens (tertiary/aromatic N) is 2. The first-order valence-electron chi connectivity index (χ1n) is 7.97. The van der Waals surface area contributed by atoms with Crippen LogP contribution in [-0.2, 0) is 0 Å². The fourth-order valence-corrected chi connectivity index (χ4v) is 2.92. The Morgan fingerprint density at radius 2 is 2.04 bits per heavy atom. The van der Waals surface area contributed by atoms with Crippen molar-refractivity contribution in [3.05, 3.63) is 47.9 Å². The quantitative estimate of drug-likeness (QED) is 0.902. The summed E-state index contributed by atoms with van der Waals surface area (Å²) in [6, 6.07) is 12.4. The third-order valence-electron chi connectivity index (χ3n) is 4.31. The van der Waals surface area contributed by atoms with Crippen molar-refractivity contribution < 1.29 is 14.3 Å². The van der Waals surface area contributed by atoms with Crippen LogP contribution in [0.5, 0.6) is 0 Å². The van der Waals surface area contributed by atoms with E-state index in [4.69, 9.17) is 9.68 Å². The minimum Gasteiger partial charge on any atom is -0.440 e.